The van der Waals surface area contributed by atoms with Crippen molar-refractivity contribution in [1.82, 2.24) is 0 Å². The Morgan fingerprint density at radius 2 is 1.38 bits per heavy atom. The van der Waals surface area contributed by atoms with Gasteiger partial charge in [0.15, 0.2) is 0 Å². The zero-order valence-corrected chi connectivity index (χ0v) is 24.5. The standard InChI is InChI=1S/C14H14Si.C9H13.C5H5.2ClH.Zr/c1-11-7-3-5-9-13(11)15-14-10-6-4-8-12(14)2;1-3-8-6-5-7-9(8)4-2;1-2-4-5-3-1;;;/h3-10H,1-2H3;6H,3-4,7H2,1-2H3;1-3H,4H2;2*1H;/q;2*-1;;;+4/p-2. The molecule has 4 rings (SSSR count). The molecular formula is C28H32Cl2SiZr. The third-order valence-corrected chi connectivity index (χ3v) is 6.66. The van der Waals surface area contributed by atoms with Crippen LogP contribution in [0.5, 0.6) is 0 Å². The van der Waals surface area contributed by atoms with Crippen molar-refractivity contribution in [3.8, 4) is 0 Å². The Balaban J connectivity index is 0. The van der Waals surface area contributed by atoms with Gasteiger partial charge in [0.1, 0.15) is 9.52 Å². The summed E-state index contributed by atoms with van der Waals surface area (Å²) in [6.45, 7) is 8.78. The topological polar surface area (TPSA) is 0 Å². The van der Waals surface area contributed by atoms with Crippen LogP contribution in [-0.2, 0) is 26.2 Å². The summed E-state index contributed by atoms with van der Waals surface area (Å²) in [6.07, 6.45) is 18.8. The van der Waals surface area contributed by atoms with Crippen LogP contribution < -0.4 is 35.2 Å². The Morgan fingerprint density at radius 1 is 0.812 bits per heavy atom. The predicted octanol–water partition coefficient (Wildman–Crippen LogP) is 0.136. The number of allylic oxidation sites excluding steroid dienone is 8. The number of halogens is 2. The zero-order valence-electron chi connectivity index (χ0n) is 19.5. The summed E-state index contributed by atoms with van der Waals surface area (Å²) in [5.41, 5.74) is 5.87. The van der Waals surface area contributed by atoms with Crippen LogP contribution in [-0.4, -0.2) is 9.52 Å². The second-order valence-corrected chi connectivity index (χ2v) is 8.45. The molecule has 4 heteroatoms. The molecule has 0 saturated heterocycles. The largest absolute Gasteiger partial charge is 4.00 e. The van der Waals surface area contributed by atoms with E-state index in [0.717, 1.165) is 22.4 Å². The molecule has 2 aliphatic rings. The van der Waals surface area contributed by atoms with Gasteiger partial charge in [0, 0.05) is 0 Å². The van der Waals surface area contributed by atoms with Crippen LogP contribution in [0, 0.1) is 26.0 Å². The fraction of sp³-hybridized carbons (Fsp3) is 0.286. The van der Waals surface area contributed by atoms with Gasteiger partial charge < -0.3 is 24.8 Å². The summed E-state index contributed by atoms with van der Waals surface area (Å²) < 4.78 is 0. The minimum atomic E-state index is 0. The molecule has 0 saturated carbocycles. The third-order valence-electron chi connectivity index (χ3n) is 5.00. The second-order valence-electron chi connectivity index (χ2n) is 7.12. The Kier molecular flexibility index (Phi) is 20.3. The summed E-state index contributed by atoms with van der Waals surface area (Å²) >= 11 is 0. The van der Waals surface area contributed by atoms with Gasteiger partial charge in [-0.25, -0.2) is 18.2 Å². The molecule has 0 fully saturated rings. The first-order valence-corrected chi connectivity index (χ1v) is 11.5. The van der Waals surface area contributed by atoms with Crippen LogP contribution in [0.1, 0.15) is 50.7 Å². The predicted molar refractivity (Wildman–Crippen MR) is 129 cm³/mol. The SMILES string of the molecule is CCC1=C(CC)C[C-]=C1.Cc1ccccc1[Si]c1ccccc1C.[C-]1=CC=CC1.[Cl-].[Cl-].[Zr+4]. The normalized spacial score (nSPS) is 12.5. The van der Waals surface area contributed by atoms with Crippen molar-refractivity contribution >= 4 is 19.9 Å². The molecule has 0 bridgehead atoms. The maximum Gasteiger partial charge on any atom is 4.00 e. The summed E-state index contributed by atoms with van der Waals surface area (Å²) in [4.78, 5) is 0. The molecule has 166 valence electrons. The minimum Gasteiger partial charge on any atom is -1.00 e. The van der Waals surface area contributed by atoms with E-state index < -0.39 is 0 Å². The van der Waals surface area contributed by atoms with Crippen LogP contribution in [0.4, 0.5) is 0 Å². The average molecular weight is 559 g/mol. The summed E-state index contributed by atoms with van der Waals surface area (Å²) in [6, 6.07) is 17.2. The van der Waals surface area contributed by atoms with Crippen molar-refractivity contribution in [2.24, 2.45) is 0 Å². The molecule has 32 heavy (non-hydrogen) atoms. The number of hydrogen-bond donors (Lipinski definition) is 0. The van der Waals surface area contributed by atoms with Gasteiger partial charge in [-0.3, -0.25) is 12.2 Å². The molecule has 0 nitrogen and oxygen atoms in total. The van der Waals surface area contributed by atoms with Gasteiger partial charge >= 0.3 is 26.2 Å². The van der Waals surface area contributed by atoms with Crippen molar-refractivity contribution in [1.29, 1.82) is 0 Å². The van der Waals surface area contributed by atoms with Gasteiger partial charge in [0.25, 0.3) is 0 Å². The first kappa shape index (κ1) is 33.3. The van der Waals surface area contributed by atoms with E-state index in [0.29, 0.717) is 0 Å². The molecule has 0 atom stereocenters. The van der Waals surface area contributed by atoms with E-state index in [-0.39, 0.29) is 51.0 Å². The van der Waals surface area contributed by atoms with Crippen LogP contribution in [0.15, 0.2) is 84.0 Å². The Bertz CT molecular complexity index is 844. The Hall–Kier alpha value is -0.920. The molecule has 0 aromatic heterocycles. The fourth-order valence-electron chi connectivity index (χ4n) is 3.13. The van der Waals surface area contributed by atoms with E-state index in [1.54, 1.807) is 5.57 Å². The molecule has 0 amide bonds. The molecule has 2 radical (unpaired) electrons. The number of hydrogen-bond acceptors (Lipinski definition) is 0. The van der Waals surface area contributed by atoms with E-state index in [1.165, 1.54) is 39.9 Å². The van der Waals surface area contributed by atoms with Gasteiger partial charge in [-0.15, -0.1) is 12.8 Å². The quantitative estimate of drug-likeness (QED) is 0.370. The molecule has 2 aromatic carbocycles. The Morgan fingerprint density at radius 3 is 1.72 bits per heavy atom. The van der Waals surface area contributed by atoms with E-state index in [9.17, 15) is 0 Å². The van der Waals surface area contributed by atoms with Gasteiger partial charge in [-0.05, 0) is 13.8 Å². The fourth-order valence-corrected chi connectivity index (χ4v) is 4.34. The van der Waals surface area contributed by atoms with E-state index in [2.05, 4.69) is 101 Å². The summed E-state index contributed by atoms with van der Waals surface area (Å²) in [5, 5.41) is 2.90. The van der Waals surface area contributed by atoms with E-state index in [1.807, 2.05) is 12.2 Å². The van der Waals surface area contributed by atoms with Crippen LogP contribution in [0.2, 0.25) is 0 Å². The maximum atomic E-state index is 3.23. The molecule has 0 aliphatic heterocycles. The van der Waals surface area contributed by atoms with Crippen LogP contribution in [0.25, 0.3) is 0 Å². The van der Waals surface area contributed by atoms with Crippen molar-refractivity contribution in [3.05, 3.63) is 107 Å². The average Bonchev–Trinajstić information content (AvgIpc) is 3.46. The molecule has 2 aliphatic carbocycles. The van der Waals surface area contributed by atoms with Crippen molar-refractivity contribution in [2.75, 3.05) is 0 Å². The summed E-state index contributed by atoms with van der Waals surface area (Å²) in [7, 11) is 0.774. The van der Waals surface area contributed by atoms with Crippen molar-refractivity contribution in [2.45, 2.75) is 53.4 Å². The molecule has 2 aromatic rings. The molecule has 0 spiro atoms. The summed E-state index contributed by atoms with van der Waals surface area (Å²) in [5.74, 6) is 0. The monoisotopic (exact) mass is 556 g/mol. The number of benzene rings is 2. The van der Waals surface area contributed by atoms with Crippen LogP contribution >= 0.6 is 0 Å². The molecule has 0 unspecified atom stereocenters. The molecule has 0 N–H and O–H groups in total. The maximum absolute atomic E-state index is 3.23. The van der Waals surface area contributed by atoms with Gasteiger partial charge in [0.2, 0.25) is 0 Å². The smallest absolute Gasteiger partial charge is 1.00 e. The first-order valence-electron chi connectivity index (χ1n) is 10.5. The van der Waals surface area contributed by atoms with Crippen molar-refractivity contribution < 1.29 is 51.0 Å². The second kappa shape index (κ2) is 19.5. The Labute approximate surface area is 230 Å². The molecule has 0 heterocycles. The number of aryl methyl sites for hydroxylation is 2. The molecular weight excluding hydrogens is 527 g/mol. The number of rotatable bonds is 4. The van der Waals surface area contributed by atoms with Gasteiger partial charge in [-0.1, -0.05) is 96.7 Å². The van der Waals surface area contributed by atoms with E-state index >= 15 is 0 Å². The van der Waals surface area contributed by atoms with Gasteiger partial charge in [-0.2, -0.15) is 17.2 Å². The zero-order chi connectivity index (χ0) is 20.9. The minimum absolute atomic E-state index is 0. The van der Waals surface area contributed by atoms with E-state index in [4.69, 9.17) is 0 Å². The third kappa shape index (κ3) is 11.8. The van der Waals surface area contributed by atoms with Crippen LogP contribution in [0.3, 0.4) is 0 Å². The first-order chi connectivity index (χ1) is 14.2. The van der Waals surface area contributed by atoms with Gasteiger partial charge in [0.05, 0.1) is 0 Å². The van der Waals surface area contributed by atoms with Crippen molar-refractivity contribution in [3.63, 3.8) is 0 Å².